The van der Waals surface area contributed by atoms with Crippen molar-refractivity contribution >= 4 is 16.8 Å². The summed E-state index contributed by atoms with van der Waals surface area (Å²) in [5.41, 5.74) is 4.39. The number of hydrogen-bond donors (Lipinski definition) is 1. The van der Waals surface area contributed by atoms with E-state index < -0.39 is 6.10 Å². The van der Waals surface area contributed by atoms with E-state index >= 15 is 0 Å². The molecule has 5 nitrogen and oxygen atoms in total. The van der Waals surface area contributed by atoms with E-state index in [1.807, 2.05) is 31.2 Å². The van der Waals surface area contributed by atoms with Crippen LogP contribution in [0.1, 0.15) is 43.1 Å². The van der Waals surface area contributed by atoms with Gasteiger partial charge in [0.1, 0.15) is 35.8 Å². The molecule has 1 unspecified atom stereocenters. The number of rotatable bonds is 7. The van der Waals surface area contributed by atoms with Gasteiger partial charge in [-0.2, -0.15) is 0 Å². The Kier molecular flexibility index (Phi) is 6.67. The topological polar surface area (TPSA) is 46.3 Å². The van der Waals surface area contributed by atoms with Crippen molar-refractivity contribution in [3.05, 3.63) is 94.6 Å². The van der Waals surface area contributed by atoms with Crippen LogP contribution >= 0.6 is 0 Å². The summed E-state index contributed by atoms with van der Waals surface area (Å²) in [5, 5.41) is 10.3. The molecule has 5 rings (SSSR count). The third kappa shape index (κ3) is 4.67. The van der Waals surface area contributed by atoms with Crippen molar-refractivity contribution in [1.29, 1.82) is 0 Å². The number of benzene rings is 3. The maximum Gasteiger partial charge on any atom is 0.231 e. The van der Waals surface area contributed by atoms with Gasteiger partial charge < -0.3 is 14.6 Å². The molecule has 0 bridgehead atoms. The van der Waals surface area contributed by atoms with Gasteiger partial charge in [0.05, 0.1) is 6.57 Å². The van der Waals surface area contributed by atoms with E-state index in [-0.39, 0.29) is 17.3 Å². The zero-order chi connectivity index (χ0) is 25.2. The van der Waals surface area contributed by atoms with Gasteiger partial charge in [0.25, 0.3) is 0 Å². The molecule has 3 aromatic rings. The van der Waals surface area contributed by atoms with E-state index in [1.54, 1.807) is 24.3 Å². The van der Waals surface area contributed by atoms with Crippen molar-refractivity contribution in [1.82, 2.24) is 4.90 Å². The maximum atomic E-state index is 13.7. The van der Waals surface area contributed by atoms with Gasteiger partial charge in [-0.05, 0) is 65.9 Å². The Labute approximate surface area is 211 Å². The van der Waals surface area contributed by atoms with Crippen LogP contribution in [0.4, 0.5) is 10.1 Å². The van der Waals surface area contributed by atoms with Crippen LogP contribution < -0.4 is 9.47 Å². The number of allylic oxidation sites excluding steroid dienone is 1. The Morgan fingerprint density at radius 1 is 1.11 bits per heavy atom. The molecule has 1 saturated heterocycles. The zero-order valence-corrected chi connectivity index (χ0v) is 20.5. The lowest BCUT2D eigenvalue weighted by Gasteiger charge is -2.38. The molecule has 0 aromatic heterocycles. The minimum Gasteiger partial charge on any atom is -0.519 e. The number of halogens is 1. The first kappa shape index (κ1) is 23.9. The second-order valence-corrected chi connectivity index (χ2v) is 9.44. The molecular weight excluding hydrogens is 455 g/mol. The second kappa shape index (κ2) is 10.0. The van der Waals surface area contributed by atoms with Crippen molar-refractivity contribution in [3.63, 3.8) is 0 Å². The molecule has 2 heterocycles. The summed E-state index contributed by atoms with van der Waals surface area (Å²) >= 11 is 0. The molecule has 2 aliphatic heterocycles. The minimum absolute atomic E-state index is 0.0893. The van der Waals surface area contributed by atoms with Gasteiger partial charge in [-0.15, -0.1) is 0 Å². The molecule has 6 heteroatoms. The van der Waals surface area contributed by atoms with Crippen LogP contribution in [0.3, 0.4) is 0 Å². The Hall–Kier alpha value is -3.82. The lowest BCUT2D eigenvalue weighted by atomic mass is 9.86. The van der Waals surface area contributed by atoms with E-state index in [9.17, 15) is 9.50 Å². The molecule has 1 atom stereocenters. The number of nitrogens with zero attached hydrogens (tertiary/aromatic N) is 2. The molecule has 0 radical (unpaired) electrons. The van der Waals surface area contributed by atoms with Crippen molar-refractivity contribution in [2.45, 2.75) is 26.4 Å². The molecule has 1 fully saturated rings. The van der Waals surface area contributed by atoms with Crippen molar-refractivity contribution in [2.75, 3.05) is 26.2 Å². The summed E-state index contributed by atoms with van der Waals surface area (Å²) in [5.74, 6) is 1.76. The summed E-state index contributed by atoms with van der Waals surface area (Å²) in [7, 11) is 0. The zero-order valence-electron chi connectivity index (χ0n) is 20.5. The molecule has 0 spiro atoms. The molecule has 0 amide bonds. The van der Waals surface area contributed by atoms with Gasteiger partial charge in [-0.1, -0.05) is 37.6 Å². The summed E-state index contributed by atoms with van der Waals surface area (Å²) in [6, 6.07) is 17.3. The van der Waals surface area contributed by atoms with Crippen LogP contribution in [0.5, 0.6) is 17.2 Å². The SMILES string of the molecule is [C-]#[N+]c1cc2c(cc1O)C(C)=C(c1ccc(F)cc1)C(c1ccc(OCCN3CC(CC)C3)cc1)O2. The summed E-state index contributed by atoms with van der Waals surface area (Å²) < 4.78 is 26.1. The predicted molar refractivity (Wildman–Crippen MR) is 139 cm³/mol. The highest BCUT2D eigenvalue weighted by Gasteiger charge is 2.30. The van der Waals surface area contributed by atoms with Gasteiger partial charge in [-0.25, -0.2) is 9.24 Å². The first-order chi connectivity index (χ1) is 17.5. The Balaban J connectivity index is 1.41. The predicted octanol–water partition coefficient (Wildman–Crippen LogP) is 6.87. The standard InChI is InChI=1S/C30H29FN2O3/c1-4-20-17-33(18-20)13-14-35-24-11-7-22(8-12-24)30-29(21-5-9-23(31)10-6-21)19(2)25-15-27(34)26(32-3)16-28(25)36-30/h5-12,15-16,20,30,34H,4,13-14,17-18H2,1-2H3. The van der Waals surface area contributed by atoms with Gasteiger partial charge in [0.15, 0.2) is 0 Å². The number of phenolic OH excluding ortho intramolecular Hbond substituents is 1. The number of ether oxygens (including phenoxy) is 2. The van der Waals surface area contributed by atoms with Gasteiger partial charge in [0, 0.05) is 30.8 Å². The largest absolute Gasteiger partial charge is 0.519 e. The first-order valence-electron chi connectivity index (χ1n) is 12.3. The molecular formula is C30H29FN2O3. The monoisotopic (exact) mass is 484 g/mol. The van der Waals surface area contributed by atoms with Crippen molar-refractivity contribution in [2.24, 2.45) is 5.92 Å². The fraction of sp³-hybridized carbons (Fsp3) is 0.300. The lowest BCUT2D eigenvalue weighted by Crippen LogP contribution is -2.47. The van der Waals surface area contributed by atoms with Gasteiger partial charge in [0.2, 0.25) is 5.69 Å². The molecule has 36 heavy (non-hydrogen) atoms. The minimum atomic E-state index is -0.466. The highest BCUT2D eigenvalue weighted by molar-refractivity contribution is 5.96. The average Bonchev–Trinajstić information content (AvgIpc) is 2.86. The van der Waals surface area contributed by atoms with Crippen molar-refractivity contribution in [3.8, 4) is 17.2 Å². The smallest absolute Gasteiger partial charge is 0.231 e. The van der Waals surface area contributed by atoms with E-state index in [0.717, 1.165) is 53.6 Å². The fourth-order valence-electron chi connectivity index (χ4n) is 4.95. The first-order valence-corrected chi connectivity index (χ1v) is 12.3. The number of likely N-dealkylation sites (tertiary alicyclic amines) is 1. The van der Waals surface area contributed by atoms with E-state index in [0.29, 0.717) is 17.9 Å². The molecule has 184 valence electrons. The molecule has 3 aromatic carbocycles. The van der Waals surface area contributed by atoms with Crippen LogP contribution in [0, 0.1) is 18.3 Å². The highest BCUT2D eigenvalue weighted by Crippen LogP contribution is 2.49. The van der Waals surface area contributed by atoms with Crippen LogP contribution in [0.2, 0.25) is 0 Å². The number of hydrogen-bond acceptors (Lipinski definition) is 4. The molecule has 1 N–H and O–H groups in total. The Morgan fingerprint density at radius 2 is 1.83 bits per heavy atom. The molecule has 2 aliphatic rings. The quantitative estimate of drug-likeness (QED) is 0.372. The second-order valence-electron chi connectivity index (χ2n) is 9.44. The molecule has 0 saturated carbocycles. The fourth-order valence-corrected chi connectivity index (χ4v) is 4.95. The van der Waals surface area contributed by atoms with Crippen LogP contribution in [0.25, 0.3) is 16.0 Å². The number of phenols is 1. The lowest BCUT2D eigenvalue weighted by molar-refractivity contribution is 0.0806. The van der Waals surface area contributed by atoms with E-state index in [2.05, 4.69) is 16.7 Å². The van der Waals surface area contributed by atoms with Crippen LogP contribution in [-0.2, 0) is 0 Å². The van der Waals surface area contributed by atoms with Gasteiger partial charge >= 0.3 is 0 Å². The van der Waals surface area contributed by atoms with Gasteiger partial charge in [-0.3, -0.25) is 4.90 Å². The van der Waals surface area contributed by atoms with Crippen LogP contribution in [0.15, 0.2) is 60.7 Å². The van der Waals surface area contributed by atoms with E-state index in [4.69, 9.17) is 16.0 Å². The van der Waals surface area contributed by atoms with Crippen LogP contribution in [-0.4, -0.2) is 36.2 Å². The maximum absolute atomic E-state index is 13.7. The average molecular weight is 485 g/mol. The normalized spacial score (nSPS) is 17.7. The molecule has 0 aliphatic carbocycles. The number of aromatic hydroxyl groups is 1. The van der Waals surface area contributed by atoms with E-state index in [1.165, 1.54) is 18.6 Å². The highest BCUT2D eigenvalue weighted by atomic mass is 19.1. The Morgan fingerprint density at radius 3 is 2.50 bits per heavy atom. The summed E-state index contributed by atoms with van der Waals surface area (Å²) in [6.45, 7) is 15.4. The Bertz CT molecular complexity index is 1320. The van der Waals surface area contributed by atoms with Crippen molar-refractivity contribution < 1.29 is 19.0 Å². The number of fused-ring (bicyclic) bond motifs is 1. The third-order valence-electron chi connectivity index (χ3n) is 7.14. The summed E-state index contributed by atoms with van der Waals surface area (Å²) in [4.78, 5) is 5.81. The third-order valence-corrected chi connectivity index (χ3v) is 7.14. The summed E-state index contributed by atoms with van der Waals surface area (Å²) in [6.07, 6.45) is 0.771.